The van der Waals surface area contributed by atoms with Crippen molar-refractivity contribution in [2.24, 2.45) is 5.92 Å². The van der Waals surface area contributed by atoms with E-state index < -0.39 is 17.9 Å². The van der Waals surface area contributed by atoms with Crippen LogP contribution in [0.2, 0.25) is 0 Å². The predicted molar refractivity (Wildman–Crippen MR) is 71.1 cm³/mol. The van der Waals surface area contributed by atoms with Crippen molar-refractivity contribution >= 4 is 17.9 Å². The van der Waals surface area contributed by atoms with Crippen molar-refractivity contribution in [2.75, 3.05) is 20.3 Å². The van der Waals surface area contributed by atoms with E-state index >= 15 is 0 Å². The van der Waals surface area contributed by atoms with Crippen LogP contribution in [-0.4, -0.2) is 54.2 Å². The summed E-state index contributed by atoms with van der Waals surface area (Å²) in [6, 6.07) is -0.497. The summed E-state index contributed by atoms with van der Waals surface area (Å²) in [5.41, 5.74) is 0. The molecular formula is C13H20N2O5. The number of amides is 3. The Morgan fingerprint density at radius 1 is 1.40 bits per heavy atom. The van der Waals surface area contributed by atoms with Gasteiger partial charge in [0.05, 0.1) is 6.61 Å². The first-order valence-corrected chi connectivity index (χ1v) is 6.47. The molecule has 1 fully saturated rings. The lowest BCUT2D eigenvalue weighted by Gasteiger charge is -2.28. The molecule has 0 aromatic heterocycles. The van der Waals surface area contributed by atoms with Crippen LogP contribution in [-0.2, 0) is 14.3 Å². The summed E-state index contributed by atoms with van der Waals surface area (Å²) < 4.78 is 4.96. The third-order valence-electron chi connectivity index (χ3n) is 3.20. The Morgan fingerprint density at radius 2 is 2.05 bits per heavy atom. The number of hydrogen-bond acceptors (Lipinski definition) is 4. The summed E-state index contributed by atoms with van der Waals surface area (Å²) in [5, 5.41) is 10.6. The minimum Gasteiger partial charge on any atom is -0.478 e. The van der Waals surface area contributed by atoms with Crippen LogP contribution in [0.25, 0.3) is 0 Å². The van der Waals surface area contributed by atoms with Crippen LogP contribution in [0.15, 0.2) is 12.2 Å². The van der Waals surface area contributed by atoms with Crippen molar-refractivity contribution in [1.82, 2.24) is 10.2 Å². The van der Waals surface area contributed by atoms with Crippen LogP contribution in [0.4, 0.5) is 4.79 Å². The Balaban J connectivity index is 2.57. The maximum absolute atomic E-state index is 12.0. The van der Waals surface area contributed by atoms with E-state index in [1.165, 1.54) is 0 Å². The number of carboxylic acids is 1. The van der Waals surface area contributed by atoms with Gasteiger partial charge in [0, 0.05) is 31.8 Å². The summed E-state index contributed by atoms with van der Waals surface area (Å²) in [7, 11) is 1.54. The van der Waals surface area contributed by atoms with Gasteiger partial charge in [0.15, 0.2) is 0 Å². The highest BCUT2D eigenvalue weighted by Gasteiger charge is 2.34. The molecule has 3 amide bonds. The fourth-order valence-electron chi connectivity index (χ4n) is 1.88. The van der Waals surface area contributed by atoms with Gasteiger partial charge in [-0.3, -0.25) is 10.1 Å². The molecule has 20 heavy (non-hydrogen) atoms. The molecule has 1 aliphatic rings. The Bertz CT molecular complexity index is 404. The van der Waals surface area contributed by atoms with Crippen molar-refractivity contribution in [2.45, 2.75) is 25.8 Å². The third kappa shape index (κ3) is 5.40. The molecule has 0 spiro atoms. The van der Waals surface area contributed by atoms with Gasteiger partial charge in [0.25, 0.3) is 5.91 Å². The quantitative estimate of drug-likeness (QED) is 0.668. The molecule has 112 valence electrons. The van der Waals surface area contributed by atoms with Crippen LogP contribution in [0.3, 0.4) is 0 Å². The summed E-state index contributed by atoms with van der Waals surface area (Å²) in [5.74, 6) is -1.53. The Labute approximate surface area is 117 Å². The zero-order valence-electron chi connectivity index (χ0n) is 11.7. The van der Waals surface area contributed by atoms with E-state index in [1.54, 1.807) is 12.0 Å². The van der Waals surface area contributed by atoms with Crippen molar-refractivity contribution in [3.63, 3.8) is 0 Å². The van der Waals surface area contributed by atoms with Crippen LogP contribution >= 0.6 is 0 Å². The lowest BCUT2D eigenvalue weighted by Crippen LogP contribution is -2.48. The minimum absolute atomic E-state index is 0.0291. The van der Waals surface area contributed by atoms with E-state index in [4.69, 9.17) is 9.84 Å². The molecule has 1 rings (SSSR count). The van der Waals surface area contributed by atoms with E-state index in [1.807, 2.05) is 6.92 Å². The normalized spacial score (nSPS) is 15.9. The lowest BCUT2D eigenvalue weighted by molar-refractivity contribution is -0.131. The standard InChI is InChI=1S/C13H20N2O5/c1-9(10-3-4-10)15(7-8-20-2)13(19)14-11(16)5-6-12(17)18/h5-6,9-10H,3-4,7-8H2,1-2H3,(H,17,18)(H,14,16,19). The molecule has 2 N–H and O–H groups in total. The summed E-state index contributed by atoms with van der Waals surface area (Å²) in [4.78, 5) is 35.3. The number of carboxylic acid groups (broad SMARTS) is 1. The van der Waals surface area contributed by atoms with Crippen molar-refractivity contribution < 1.29 is 24.2 Å². The number of methoxy groups -OCH3 is 1. The molecule has 0 aromatic carbocycles. The van der Waals surface area contributed by atoms with E-state index in [9.17, 15) is 14.4 Å². The van der Waals surface area contributed by atoms with Gasteiger partial charge >= 0.3 is 12.0 Å². The molecular weight excluding hydrogens is 264 g/mol. The van der Waals surface area contributed by atoms with Gasteiger partial charge < -0.3 is 14.7 Å². The largest absolute Gasteiger partial charge is 0.478 e. The lowest BCUT2D eigenvalue weighted by atomic mass is 10.2. The van der Waals surface area contributed by atoms with Crippen LogP contribution < -0.4 is 5.32 Å². The van der Waals surface area contributed by atoms with E-state index in [0.29, 0.717) is 25.1 Å². The molecule has 1 unspecified atom stereocenters. The van der Waals surface area contributed by atoms with Gasteiger partial charge in [0.1, 0.15) is 0 Å². The molecule has 1 atom stereocenters. The number of carbonyl (C=O) groups is 3. The maximum Gasteiger partial charge on any atom is 0.328 e. The first-order chi connectivity index (χ1) is 9.45. The van der Waals surface area contributed by atoms with Crippen LogP contribution in [0.5, 0.6) is 0 Å². The number of aliphatic carboxylic acids is 1. The topological polar surface area (TPSA) is 95.9 Å². The number of rotatable bonds is 7. The van der Waals surface area contributed by atoms with Gasteiger partial charge in [-0.2, -0.15) is 0 Å². The molecule has 0 bridgehead atoms. The second-order valence-corrected chi connectivity index (χ2v) is 4.73. The van der Waals surface area contributed by atoms with Crippen LogP contribution in [0.1, 0.15) is 19.8 Å². The van der Waals surface area contributed by atoms with Gasteiger partial charge in [-0.25, -0.2) is 9.59 Å². The second-order valence-electron chi connectivity index (χ2n) is 4.73. The maximum atomic E-state index is 12.0. The Hall–Kier alpha value is -1.89. The van der Waals surface area contributed by atoms with Crippen molar-refractivity contribution in [1.29, 1.82) is 0 Å². The number of imide groups is 1. The molecule has 0 heterocycles. The molecule has 7 heteroatoms. The van der Waals surface area contributed by atoms with Gasteiger partial charge in [-0.15, -0.1) is 0 Å². The van der Waals surface area contributed by atoms with Crippen molar-refractivity contribution in [3.8, 4) is 0 Å². The zero-order chi connectivity index (χ0) is 15.1. The SMILES string of the molecule is COCCN(C(=O)NC(=O)C=CC(=O)O)C(C)C1CC1. The summed E-state index contributed by atoms with van der Waals surface area (Å²) in [6.45, 7) is 2.70. The third-order valence-corrected chi connectivity index (χ3v) is 3.20. The fourth-order valence-corrected chi connectivity index (χ4v) is 1.88. The van der Waals surface area contributed by atoms with Gasteiger partial charge in [-0.1, -0.05) is 0 Å². The van der Waals surface area contributed by atoms with E-state index in [0.717, 1.165) is 18.9 Å². The average Bonchev–Trinajstić information content (AvgIpc) is 3.20. The molecule has 0 aliphatic heterocycles. The zero-order valence-corrected chi connectivity index (χ0v) is 11.7. The number of hydrogen-bond donors (Lipinski definition) is 2. The highest BCUT2D eigenvalue weighted by Crippen LogP contribution is 2.35. The highest BCUT2D eigenvalue weighted by molar-refractivity contribution is 6.02. The number of carbonyl (C=O) groups excluding carboxylic acids is 2. The molecule has 1 saturated carbocycles. The number of nitrogens with one attached hydrogen (secondary N) is 1. The number of ether oxygens (including phenoxy) is 1. The first kappa shape index (κ1) is 16.2. The van der Waals surface area contributed by atoms with E-state index in [-0.39, 0.29) is 6.04 Å². The Morgan fingerprint density at radius 3 is 2.55 bits per heavy atom. The molecule has 0 aromatic rings. The highest BCUT2D eigenvalue weighted by atomic mass is 16.5. The second kappa shape index (κ2) is 7.64. The molecule has 0 saturated heterocycles. The smallest absolute Gasteiger partial charge is 0.328 e. The fraction of sp³-hybridized carbons (Fsp3) is 0.615. The van der Waals surface area contributed by atoms with Crippen LogP contribution in [0, 0.1) is 5.92 Å². The predicted octanol–water partition coefficient (Wildman–Crippen LogP) is 0.610. The summed E-state index contributed by atoms with van der Waals surface area (Å²) >= 11 is 0. The Kier molecular flexibility index (Phi) is 6.17. The first-order valence-electron chi connectivity index (χ1n) is 6.47. The molecule has 1 aliphatic carbocycles. The minimum atomic E-state index is -1.24. The number of urea groups is 1. The summed E-state index contributed by atoms with van der Waals surface area (Å²) in [6.07, 6.45) is 3.65. The van der Waals surface area contributed by atoms with E-state index in [2.05, 4.69) is 5.32 Å². The number of nitrogens with zero attached hydrogens (tertiary/aromatic N) is 1. The van der Waals surface area contributed by atoms with Crippen molar-refractivity contribution in [3.05, 3.63) is 12.2 Å². The average molecular weight is 284 g/mol. The monoisotopic (exact) mass is 284 g/mol. The van der Waals surface area contributed by atoms with Gasteiger partial charge in [-0.05, 0) is 25.7 Å². The van der Waals surface area contributed by atoms with Gasteiger partial charge in [0.2, 0.25) is 0 Å². The molecule has 7 nitrogen and oxygen atoms in total. The molecule has 0 radical (unpaired) electrons.